The van der Waals surface area contributed by atoms with Crippen LogP contribution in [-0.4, -0.2) is 61.1 Å². The van der Waals surface area contributed by atoms with Crippen molar-refractivity contribution < 1.29 is 30.3 Å². The molecule has 0 saturated carbocycles. The van der Waals surface area contributed by atoms with Crippen molar-refractivity contribution in [2.75, 3.05) is 6.61 Å². The van der Waals surface area contributed by atoms with E-state index < -0.39 is 37.3 Å². The third kappa shape index (κ3) is 2.32. The van der Waals surface area contributed by atoms with Crippen molar-refractivity contribution >= 4 is 10.9 Å². The largest absolute Gasteiger partial charge is 0.394 e. The maximum absolute atomic E-state index is 10.2. The van der Waals surface area contributed by atoms with E-state index in [1.54, 1.807) is 16.8 Å². The van der Waals surface area contributed by atoms with Crippen LogP contribution >= 0.6 is 0 Å². The molecule has 5 N–H and O–H groups in total. The number of hydrogen-bond donors (Lipinski definition) is 5. The molecule has 120 valence electrons. The second kappa shape index (κ2) is 5.96. The molecule has 7 heteroatoms. The zero-order chi connectivity index (χ0) is 15.9. The monoisotopic (exact) mass is 309 g/mol. The van der Waals surface area contributed by atoms with E-state index in [4.69, 9.17) is 4.74 Å². The summed E-state index contributed by atoms with van der Waals surface area (Å²) in [7, 11) is 0. The van der Waals surface area contributed by atoms with Crippen molar-refractivity contribution in [3.05, 3.63) is 36.0 Å². The van der Waals surface area contributed by atoms with Gasteiger partial charge in [-0.2, -0.15) is 0 Å². The minimum atomic E-state index is -1.44. The molecule has 5 atom stereocenters. The lowest BCUT2D eigenvalue weighted by Crippen LogP contribution is -2.56. The van der Waals surface area contributed by atoms with Gasteiger partial charge in [-0.25, -0.2) is 0 Å². The van der Waals surface area contributed by atoms with Crippen molar-refractivity contribution in [2.24, 2.45) is 0 Å². The maximum atomic E-state index is 10.2. The molecule has 1 saturated heterocycles. The Morgan fingerprint density at radius 3 is 2.41 bits per heavy atom. The van der Waals surface area contributed by atoms with Crippen molar-refractivity contribution in [1.29, 1.82) is 0 Å². The molecule has 0 amide bonds. The molecule has 22 heavy (non-hydrogen) atoms. The Balaban J connectivity index is 2.06. The van der Waals surface area contributed by atoms with Crippen LogP contribution in [0, 0.1) is 0 Å². The van der Waals surface area contributed by atoms with Gasteiger partial charge >= 0.3 is 0 Å². The zero-order valence-electron chi connectivity index (χ0n) is 11.8. The van der Waals surface area contributed by atoms with Crippen LogP contribution in [0.15, 0.2) is 30.5 Å². The molecule has 0 spiro atoms. The van der Waals surface area contributed by atoms with E-state index in [1.807, 2.05) is 18.2 Å². The predicted molar refractivity (Wildman–Crippen MR) is 76.9 cm³/mol. The summed E-state index contributed by atoms with van der Waals surface area (Å²) in [6.45, 7) is -0.654. The molecule has 1 aliphatic rings. The number of hydrogen-bond acceptors (Lipinski definition) is 6. The number of benzene rings is 1. The van der Waals surface area contributed by atoms with E-state index in [-0.39, 0.29) is 6.61 Å². The van der Waals surface area contributed by atoms with E-state index in [0.717, 1.165) is 10.9 Å². The molecule has 1 aromatic carbocycles. The summed E-state index contributed by atoms with van der Waals surface area (Å²) in [4.78, 5) is 0. The molecule has 7 nitrogen and oxygen atoms in total. The van der Waals surface area contributed by atoms with Gasteiger partial charge in [0.25, 0.3) is 0 Å². The van der Waals surface area contributed by atoms with Crippen LogP contribution < -0.4 is 0 Å². The van der Waals surface area contributed by atoms with Gasteiger partial charge in [0, 0.05) is 17.1 Å². The lowest BCUT2D eigenvalue weighted by atomic mass is 9.98. The lowest BCUT2D eigenvalue weighted by Gasteiger charge is -2.40. The van der Waals surface area contributed by atoms with Gasteiger partial charge < -0.3 is 34.8 Å². The first-order valence-electron chi connectivity index (χ1n) is 7.08. The first kappa shape index (κ1) is 15.4. The zero-order valence-corrected chi connectivity index (χ0v) is 11.8. The SMILES string of the molecule is OCc1cn([C@@H]2O[C@H](CO)[C@@H](O)[C@H](O)[C@H]2O)c2ccccc12. The highest BCUT2D eigenvalue weighted by Crippen LogP contribution is 2.33. The number of ether oxygens (including phenoxy) is 1. The smallest absolute Gasteiger partial charge is 0.163 e. The van der Waals surface area contributed by atoms with E-state index in [0.29, 0.717) is 5.56 Å². The highest BCUT2D eigenvalue weighted by atomic mass is 16.6. The molecule has 1 fully saturated rings. The summed E-state index contributed by atoms with van der Waals surface area (Å²) in [6, 6.07) is 7.28. The fourth-order valence-corrected chi connectivity index (χ4v) is 2.93. The second-order valence-corrected chi connectivity index (χ2v) is 5.46. The van der Waals surface area contributed by atoms with Crippen LogP contribution in [0.2, 0.25) is 0 Å². The average Bonchev–Trinajstić information content (AvgIpc) is 2.92. The fourth-order valence-electron chi connectivity index (χ4n) is 2.93. The Hall–Kier alpha value is -1.48. The van der Waals surface area contributed by atoms with Gasteiger partial charge in [0.1, 0.15) is 24.4 Å². The van der Waals surface area contributed by atoms with Gasteiger partial charge in [0.15, 0.2) is 6.23 Å². The molecule has 0 bridgehead atoms. The Morgan fingerprint density at radius 1 is 1.00 bits per heavy atom. The van der Waals surface area contributed by atoms with Crippen LogP contribution in [0.4, 0.5) is 0 Å². The van der Waals surface area contributed by atoms with Crippen molar-refractivity contribution in [2.45, 2.75) is 37.3 Å². The summed E-state index contributed by atoms with van der Waals surface area (Å²) >= 11 is 0. The van der Waals surface area contributed by atoms with Crippen LogP contribution in [0.5, 0.6) is 0 Å². The third-order valence-electron chi connectivity index (χ3n) is 4.13. The molecule has 2 heterocycles. The van der Waals surface area contributed by atoms with Crippen molar-refractivity contribution in [1.82, 2.24) is 4.57 Å². The minimum Gasteiger partial charge on any atom is -0.394 e. The highest BCUT2D eigenvalue weighted by molar-refractivity contribution is 5.84. The van der Waals surface area contributed by atoms with Crippen LogP contribution in [-0.2, 0) is 11.3 Å². The Bertz CT molecular complexity index is 655. The first-order valence-corrected chi connectivity index (χ1v) is 7.08. The third-order valence-corrected chi connectivity index (χ3v) is 4.13. The number of fused-ring (bicyclic) bond motifs is 1. The van der Waals surface area contributed by atoms with Crippen LogP contribution in [0.25, 0.3) is 10.9 Å². The van der Waals surface area contributed by atoms with Gasteiger partial charge in [-0.1, -0.05) is 18.2 Å². The normalized spacial score (nSPS) is 32.5. The number of aliphatic hydroxyl groups excluding tert-OH is 5. The van der Waals surface area contributed by atoms with Gasteiger partial charge in [-0.05, 0) is 6.07 Å². The maximum Gasteiger partial charge on any atom is 0.163 e. The van der Waals surface area contributed by atoms with Gasteiger partial charge in [0.05, 0.1) is 18.7 Å². The van der Waals surface area contributed by atoms with E-state index in [9.17, 15) is 25.5 Å². The summed E-state index contributed by atoms with van der Waals surface area (Å²) in [6.07, 6.45) is -4.50. The van der Waals surface area contributed by atoms with Crippen LogP contribution in [0.3, 0.4) is 0 Å². The molecule has 0 aliphatic carbocycles. The molecule has 0 radical (unpaired) electrons. The number of para-hydroxylation sites is 1. The van der Waals surface area contributed by atoms with E-state index in [1.165, 1.54) is 0 Å². The first-order chi connectivity index (χ1) is 10.6. The molecule has 2 aromatic rings. The number of aromatic nitrogens is 1. The second-order valence-electron chi connectivity index (χ2n) is 5.46. The molecular weight excluding hydrogens is 290 g/mol. The highest BCUT2D eigenvalue weighted by Gasteiger charge is 2.44. The summed E-state index contributed by atoms with van der Waals surface area (Å²) < 4.78 is 7.15. The summed E-state index contributed by atoms with van der Waals surface area (Å²) in [5.74, 6) is 0. The number of aliphatic hydroxyl groups is 5. The molecule has 1 aromatic heterocycles. The van der Waals surface area contributed by atoms with E-state index >= 15 is 0 Å². The topological polar surface area (TPSA) is 115 Å². The van der Waals surface area contributed by atoms with Gasteiger partial charge in [0.2, 0.25) is 0 Å². The molecule has 1 aliphatic heterocycles. The van der Waals surface area contributed by atoms with Gasteiger partial charge in [-0.15, -0.1) is 0 Å². The Kier molecular flexibility index (Phi) is 4.18. The number of rotatable bonds is 3. The standard InChI is InChI=1S/C15H19NO6/c17-6-8-5-16(10-4-2-1-3-9(8)10)15-14(21)13(20)12(19)11(7-18)22-15/h1-5,11-15,17-21H,6-7H2/t11-,12-,13+,14-,15-/m1/s1. The summed E-state index contributed by atoms with van der Waals surface area (Å²) in [5, 5.41) is 49.5. The Morgan fingerprint density at radius 2 is 1.73 bits per heavy atom. The van der Waals surface area contributed by atoms with E-state index in [2.05, 4.69) is 0 Å². The molecule has 3 rings (SSSR count). The lowest BCUT2D eigenvalue weighted by molar-refractivity contribution is -0.250. The fraction of sp³-hybridized carbons (Fsp3) is 0.467. The molecular formula is C15H19NO6. The predicted octanol–water partition coefficient (Wildman–Crippen LogP) is -0.894. The van der Waals surface area contributed by atoms with Gasteiger partial charge in [-0.3, -0.25) is 0 Å². The minimum absolute atomic E-state index is 0.176. The van der Waals surface area contributed by atoms with Crippen LogP contribution in [0.1, 0.15) is 11.8 Å². The number of nitrogens with zero attached hydrogens (tertiary/aromatic N) is 1. The van der Waals surface area contributed by atoms with Crippen molar-refractivity contribution in [3.8, 4) is 0 Å². The summed E-state index contributed by atoms with van der Waals surface area (Å²) in [5.41, 5.74) is 1.38. The average molecular weight is 309 g/mol. The quantitative estimate of drug-likeness (QED) is 0.502. The molecule has 0 unspecified atom stereocenters. The van der Waals surface area contributed by atoms with Crippen molar-refractivity contribution in [3.63, 3.8) is 0 Å². The Labute approximate surface area is 126 Å².